The third kappa shape index (κ3) is 12.8. The van der Waals surface area contributed by atoms with E-state index in [-0.39, 0.29) is 18.7 Å². The topological polar surface area (TPSA) is 17.8 Å². The van der Waals surface area contributed by atoms with E-state index in [4.69, 9.17) is 0 Å². The van der Waals surface area contributed by atoms with Crippen molar-refractivity contribution < 1.29 is 13.2 Å². The number of benzene rings is 2. The maximum atomic E-state index is 12.5. The van der Waals surface area contributed by atoms with Gasteiger partial charge in [0.25, 0.3) is 0 Å². The molecular weight excluding hydrogens is 493 g/mol. The van der Waals surface area contributed by atoms with E-state index in [9.17, 15) is 13.2 Å². The summed E-state index contributed by atoms with van der Waals surface area (Å²) in [5.41, 5.74) is 6.95. The summed E-state index contributed by atoms with van der Waals surface area (Å²) in [7, 11) is 0. The second kappa shape index (κ2) is 18.8. The van der Waals surface area contributed by atoms with Crippen molar-refractivity contribution in [3.63, 3.8) is 0 Å². The molecule has 0 unspecified atom stereocenters. The van der Waals surface area contributed by atoms with Crippen molar-refractivity contribution in [1.29, 1.82) is 0 Å². The summed E-state index contributed by atoms with van der Waals surface area (Å²) >= 11 is 0. The molecule has 0 aliphatic rings. The summed E-state index contributed by atoms with van der Waals surface area (Å²) in [6, 6.07) is 17.1. The maximum Gasteiger partial charge on any atom is 0.247 e. The Morgan fingerprint density at radius 2 is 1.49 bits per heavy atom. The van der Waals surface area contributed by atoms with Gasteiger partial charge in [0.1, 0.15) is 5.82 Å². The molecule has 0 N–H and O–H groups in total. The predicted molar refractivity (Wildman–Crippen MR) is 163 cm³/mol. The first-order valence-corrected chi connectivity index (χ1v) is 13.7. The average Bonchev–Trinajstić information content (AvgIpc) is 3.43. The normalized spacial score (nSPS) is 10.7. The number of aryl methyl sites for hydroxylation is 2. The van der Waals surface area contributed by atoms with Gasteiger partial charge in [-0.05, 0) is 73.7 Å². The Morgan fingerprint density at radius 1 is 0.923 bits per heavy atom. The molecule has 0 aliphatic heterocycles. The molecule has 3 rings (SSSR count). The Balaban J connectivity index is 0.000000626. The highest BCUT2D eigenvalue weighted by Crippen LogP contribution is 2.28. The lowest BCUT2D eigenvalue weighted by atomic mass is 9.96. The van der Waals surface area contributed by atoms with E-state index in [1.165, 1.54) is 31.9 Å². The van der Waals surface area contributed by atoms with Crippen molar-refractivity contribution in [2.45, 2.75) is 87.0 Å². The van der Waals surface area contributed by atoms with Gasteiger partial charge in [-0.3, -0.25) is 0 Å². The standard InChI is InChI=1S/C18H20N2.C8H9F.C5H10F2.C3H8/c1-5-16(6-2)14(3)15(4)18-12-13-19-20(18)17-10-8-7-9-11-17;1-6-3-4-8(9)7(2)5-6;1-3-5(6,7)4-2;1-3-2/h5,7-13H,3-4,6H2,1-2H3;3-5H,1-2H3;3-4H2,1-2H3;3H2,1-2H3/b16-5-;;;. The first-order chi connectivity index (χ1) is 18.4. The van der Waals surface area contributed by atoms with E-state index in [0.717, 1.165) is 40.1 Å². The molecule has 0 aliphatic carbocycles. The lowest BCUT2D eigenvalue weighted by Gasteiger charge is -2.14. The molecule has 1 aromatic heterocycles. The van der Waals surface area contributed by atoms with Crippen molar-refractivity contribution in [2.75, 3.05) is 0 Å². The number of halogens is 3. The number of alkyl halides is 2. The van der Waals surface area contributed by atoms with Crippen LogP contribution in [0.4, 0.5) is 13.2 Å². The molecule has 0 amide bonds. The monoisotopic (exact) mass is 540 g/mol. The highest BCUT2D eigenvalue weighted by atomic mass is 19.3. The number of nitrogens with zero attached hydrogens (tertiary/aromatic N) is 2. The van der Waals surface area contributed by atoms with Crippen LogP contribution in [0.1, 0.15) is 84.0 Å². The van der Waals surface area contributed by atoms with Crippen LogP contribution in [-0.4, -0.2) is 15.7 Å². The minimum Gasteiger partial charge on any atom is -0.233 e. The summed E-state index contributed by atoms with van der Waals surface area (Å²) in [5, 5.41) is 4.40. The first-order valence-electron chi connectivity index (χ1n) is 13.7. The van der Waals surface area contributed by atoms with E-state index >= 15 is 0 Å². The van der Waals surface area contributed by atoms with Gasteiger partial charge in [0.15, 0.2) is 0 Å². The third-order valence-electron chi connectivity index (χ3n) is 5.78. The highest BCUT2D eigenvalue weighted by Gasteiger charge is 2.21. The molecule has 1 heterocycles. The van der Waals surface area contributed by atoms with Crippen molar-refractivity contribution in [2.24, 2.45) is 0 Å². The summed E-state index contributed by atoms with van der Waals surface area (Å²) in [4.78, 5) is 0. The van der Waals surface area contributed by atoms with Crippen LogP contribution in [0.15, 0.2) is 91.2 Å². The van der Waals surface area contributed by atoms with E-state index in [1.54, 1.807) is 19.2 Å². The average molecular weight is 541 g/mol. The molecule has 39 heavy (non-hydrogen) atoms. The van der Waals surface area contributed by atoms with Gasteiger partial charge in [-0.25, -0.2) is 17.9 Å². The number of allylic oxidation sites excluding steroid dienone is 4. The molecule has 3 aromatic rings. The van der Waals surface area contributed by atoms with Crippen LogP contribution in [0.5, 0.6) is 0 Å². The van der Waals surface area contributed by atoms with Gasteiger partial charge >= 0.3 is 0 Å². The number of para-hydroxylation sites is 1. The fraction of sp³-hybridized carbons (Fsp3) is 0.382. The predicted octanol–water partition coefficient (Wildman–Crippen LogP) is 11.1. The molecule has 0 atom stereocenters. The maximum absolute atomic E-state index is 12.5. The molecule has 0 saturated carbocycles. The summed E-state index contributed by atoms with van der Waals surface area (Å²) < 4.78 is 38.2. The van der Waals surface area contributed by atoms with Crippen LogP contribution in [0, 0.1) is 19.7 Å². The van der Waals surface area contributed by atoms with Gasteiger partial charge in [0.2, 0.25) is 5.92 Å². The van der Waals surface area contributed by atoms with Gasteiger partial charge in [0.05, 0.1) is 17.6 Å². The van der Waals surface area contributed by atoms with Crippen LogP contribution < -0.4 is 0 Å². The molecule has 214 valence electrons. The third-order valence-corrected chi connectivity index (χ3v) is 5.78. The zero-order valence-corrected chi connectivity index (χ0v) is 25.1. The Bertz CT molecular complexity index is 1150. The van der Waals surface area contributed by atoms with Gasteiger partial charge in [-0.15, -0.1) is 0 Å². The van der Waals surface area contributed by atoms with Crippen LogP contribution >= 0.6 is 0 Å². The molecule has 2 aromatic carbocycles. The lowest BCUT2D eigenvalue weighted by molar-refractivity contribution is -0.00646. The summed E-state index contributed by atoms with van der Waals surface area (Å²) in [6.45, 7) is 23.5. The molecule has 0 saturated heterocycles. The second-order valence-corrected chi connectivity index (χ2v) is 9.11. The van der Waals surface area contributed by atoms with Crippen LogP contribution in [0.2, 0.25) is 0 Å². The zero-order chi connectivity index (χ0) is 30.0. The minimum absolute atomic E-state index is 0.0382. The quantitative estimate of drug-likeness (QED) is 0.273. The fourth-order valence-electron chi connectivity index (χ4n) is 3.29. The van der Waals surface area contributed by atoms with Gasteiger partial charge < -0.3 is 0 Å². The number of rotatable bonds is 7. The summed E-state index contributed by atoms with van der Waals surface area (Å²) in [5.74, 6) is -2.54. The second-order valence-electron chi connectivity index (χ2n) is 9.11. The van der Waals surface area contributed by atoms with Crippen LogP contribution in [-0.2, 0) is 0 Å². The molecule has 0 radical (unpaired) electrons. The fourth-order valence-corrected chi connectivity index (χ4v) is 3.29. The SMILES string of the molecule is C=C(C(=C)c1ccnn1-c1ccccc1)/C(=C\C)CC.CCC.CCC(F)(F)CC.Cc1ccc(F)c(C)c1. The summed E-state index contributed by atoms with van der Waals surface area (Å²) in [6.07, 6.45) is 6.01. The molecule has 0 bridgehead atoms. The molecular formula is C34H47F3N2. The minimum atomic E-state index is -2.42. The van der Waals surface area contributed by atoms with Crippen molar-refractivity contribution >= 4 is 5.57 Å². The highest BCUT2D eigenvalue weighted by molar-refractivity contribution is 5.80. The number of hydrogen-bond donors (Lipinski definition) is 0. The van der Waals surface area contributed by atoms with E-state index in [1.807, 2.05) is 61.0 Å². The molecule has 0 fully saturated rings. The van der Waals surface area contributed by atoms with Gasteiger partial charge in [-0.2, -0.15) is 5.10 Å². The Kier molecular flexibility index (Phi) is 17.2. The zero-order valence-electron chi connectivity index (χ0n) is 25.1. The lowest BCUT2D eigenvalue weighted by Crippen LogP contribution is -2.10. The Labute approximate surface area is 235 Å². The van der Waals surface area contributed by atoms with Crippen molar-refractivity contribution in [1.82, 2.24) is 9.78 Å². The largest absolute Gasteiger partial charge is 0.247 e. The van der Waals surface area contributed by atoms with Crippen molar-refractivity contribution in [3.05, 3.63) is 114 Å². The van der Waals surface area contributed by atoms with E-state index < -0.39 is 5.92 Å². The van der Waals surface area contributed by atoms with Crippen molar-refractivity contribution in [3.8, 4) is 5.69 Å². The van der Waals surface area contributed by atoms with Crippen LogP contribution in [0.25, 0.3) is 11.3 Å². The number of hydrogen-bond acceptors (Lipinski definition) is 1. The van der Waals surface area contributed by atoms with Gasteiger partial charge in [-0.1, -0.05) is 96.2 Å². The van der Waals surface area contributed by atoms with Crippen LogP contribution in [0.3, 0.4) is 0 Å². The molecule has 2 nitrogen and oxygen atoms in total. The Morgan fingerprint density at radius 3 is 1.90 bits per heavy atom. The first kappa shape index (κ1) is 35.7. The van der Waals surface area contributed by atoms with E-state index in [0.29, 0.717) is 0 Å². The smallest absolute Gasteiger partial charge is 0.233 e. The van der Waals surface area contributed by atoms with E-state index in [2.05, 4.69) is 45.1 Å². The Hall–Kier alpha value is -3.34. The van der Waals surface area contributed by atoms with Gasteiger partial charge in [0, 0.05) is 12.8 Å². The molecule has 5 heteroatoms. The number of aromatic nitrogens is 2. The molecule has 0 spiro atoms.